The van der Waals surface area contributed by atoms with Crippen molar-refractivity contribution in [2.75, 3.05) is 0 Å². The van der Waals surface area contributed by atoms with Crippen molar-refractivity contribution in [2.45, 2.75) is 39.7 Å². The number of rotatable bonds is 4. The van der Waals surface area contributed by atoms with Gasteiger partial charge in [-0.05, 0) is 31.5 Å². The van der Waals surface area contributed by atoms with E-state index in [-0.39, 0.29) is 12.2 Å². The Balaban J connectivity index is 2.95. The van der Waals surface area contributed by atoms with Crippen molar-refractivity contribution in [3.05, 3.63) is 35.4 Å². The summed E-state index contributed by atoms with van der Waals surface area (Å²) in [6.45, 7) is 7.00. The van der Waals surface area contributed by atoms with Crippen LogP contribution in [0.25, 0.3) is 0 Å². The number of halogens is 2. The molecule has 4 heteroatoms. The first-order chi connectivity index (χ1) is 8.04. The smallest absolute Gasteiger partial charge is 0.144 e. The zero-order valence-electron chi connectivity index (χ0n) is 11.2. The number of benzene rings is 1. The van der Waals surface area contributed by atoms with Gasteiger partial charge in [0.15, 0.2) is 0 Å². The molecule has 0 heterocycles. The minimum atomic E-state index is -0.768. The van der Waals surface area contributed by atoms with E-state index in [2.05, 4.69) is 0 Å². The Morgan fingerprint density at radius 2 is 1.56 bits per heavy atom. The van der Waals surface area contributed by atoms with Crippen LogP contribution in [0.2, 0.25) is 0 Å². The molecule has 0 aromatic heterocycles. The lowest BCUT2D eigenvalue weighted by molar-refractivity contribution is -0.129. The van der Waals surface area contributed by atoms with Crippen molar-refractivity contribution in [3.63, 3.8) is 0 Å². The van der Waals surface area contributed by atoms with Gasteiger partial charge in [0.2, 0.25) is 0 Å². The third-order valence-corrected chi connectivity index (χ3v) is 3.59. The molecule has 100 valence electrons. The molecular weight excluding hydrogens is 236 g/mol. The van der Waals surface area contributed by atoms with Crippen LogP contribution in [0.1, 0.15) is 33.3 Å². The molecule has 0 aliphatic rings. The van der Waals surface area contributed by atoms with Crippen LogP contribution in [-0.4, -0.2) is 11.3 Å². The lowest BCUT2D eigenvalue weighted by atomic mass is 9.71. The maximum atomic E-state index is 13.0. The monoisotopic (exact) mass is 255 g/mol. The lowest BCUT2D eigenvalue weighted by Gasteiger charge is -2.37. The Morgan fingerprint density at radius 1 is 1.11 bits per heavy atom. The molecule has 0 atom stereocenters. The van der Waals surface area contributed by atoms with E-state index in [4.69, 9.17) is 5.73 Å². The Bertz CT molecular complexity index is 441. The number of ketones is 1. The Hall–Kier alpha value is -1.29. The van der Waals surface area contributed by atoms with Gasteiger partial charge in [-0.25, -0.2) is 8.78 Å². The molecule has 2 N–H and O–H groups in total. The van der Waals surface area contributed by atoms with Crippen molar-refractivity contribution in [2.24, 2.45) is 11.1 Å². The van der Waals surface area contributed by atoms with Crippen LogP contribution in [-0.2, 0) is 11.2 Å². The molecule has 0 radical (unpaired) electrons. The van der Waals surface area contributed by atoms with Crippen molar-refractivity contribution in [1.82, 2.24) is 0 Å². The van der Waals surface area contributed by atoms with E-state index in [9.17, 15) is 13.6 Å². The minimum absolute atomic E-state index is 0.0255. The Labute approximate surface area is 106 Å². The number of carbonyl (C=O) groups excluding carboxylic acids is 1. The first kappa shape index (κ1) is 14.8. The average molecular weight is 255 g/mol. The summed E-state index contributed by atoms with van der Waals surface area (Å²) in [6.07, 6.45) is -0.0255. The van der Waals surface area contributed by atoms with Gasteiger partial charge in [-0.1, -0.05) is 13.8 Å². The van der Waals surface area contributed by atoms with Crippen LogP contribution < -0.4 is 5.73 Å². The molecular formula is C14H19F2NO. The molecule has 0 spiro atoms. The van der Waals surface area contributed by atoms with E-state index >= 15 is 0 Å². The second-order valence-electron chi connectivity index (χ2n) is 5.72. The van der Waals surface area contributed by atoms with Gasteiger partial charge in [-0.2, -0.15) is 0 Å². The zero-order valence-corrected chi connectivity index (χ0v) is 11.2. The molecule has 2 nitrogen and oxygen atoms in total. The van der Waals surface area contributed by atoms with Gasteiger partial charge in [0.25, 0.3) is 0 Å². The molecule has 0 saturated carbocycles. The van der Waals surface area contributed by atoms with Crippen molar-refractivity contribution in [3.8, 4) is 0 Å². The van der Waals surface area contributed by atoms with Crippen molar-refractivity contribution >= 4 is 5.78 Å². The second kappa shape index (κ2) is 4.76. The molecule has 0 saturated heterocycles. The Morgan fingerprint density at radius 3 is 1.94 bits per heavy atom. The average Bonchev–Trinajstić information content (AvgIpc) is 2.13. The third-order valence-electron chi connectivity index (χ3n) is 3.59. The summed E-state index contributed by atoms with van der Waals surface area (Å²) in [5.74, 6) is -1.50. The molecule has 1 rings (SSSR count). The van der Waals surface area contributed by atoms with Gasteiger partial charge in [-0.3, -0.25) is 4.79 Å². The van der Waals surface area contributed by atoms with Crippen LogP contribution in [0, 0.1) is 17.0 Å². The lowest BCUT2D eigenvalue weighted by Crippen LogP contribution is -2.52. The van der Waals surface area contributed by atoms with Crippen LogP contribution >= 0.6 is 0 Å². The fourth-order valence-corrected chi connectivity index (χ4v) is 1.48. The van der Waals surface area contributed by atoms with E-state index < -0.39 is 22.6 Å². The van der Waals surface area contributed by atoms with Gasteiger partial charge in [0.1, 0.15) is 17.4 Å². The highest BCUT2D eigenvalue weighted by molar-refractivity contribution is 5.87. The molecule has 0 unspecified atom stereocenters. The standard InChI is InChI=1S/C14H19F2NO/c1-13(2,14(3,4)17)12(18)7-9-5-10(15)8-11(16)6-9/h5-6,8H,7,17H2,1-4H3. The molecule has 1 aromatic carbocycles. The highest BCUT2D eigenvalue weighted by Crippen LogP contribution is 2.30. The summed E-state index contributed by atoms with van der Waals surface area (Å²) in [5, 5.41) is 0. The number of carbonyl (C=O) groups is 1. The molecule has 0 aliphatic heterocycles. The van der Waals surface area contributed by atoms with E-state index in [0.29, 0.717) is 5.56 Å². The third kappa shape index (κ3) is 3.13. The first-order valence-electron chi connectivity index (χ1n) is 5.81. The largest absolute Gasteiger partial charge is 0.325 e. The highest BCUT2D eigenvalue weighted by atomic mass is 19.1. The van der Waals surface area contributed by atoms with Gasteiger partial charge >= 0.3 is 0 Å². The highest BCUT2D eigenvalue weighted by Gasteiger charge is 2.39. The molecule has 0 fully saturated rings. The van der Waals surface area contributed by atoms with E-state index in [1.807, 2.05) is 0 Å². The summed E-state index contributed by atoms with van der Waals surface area (Å²) < 4.78 is 26.1. The quantitative estimate of drug-likeness (QED) is 0.899. The van der Waals surface area contributed by atoms with Crippen molar-refractivity contribution in [1.29, 1.82) is 0 Å². The van der Waals surface area contributed by atoms with Gasteiger partial charge in [-0.15, -0.1) is 0 Å². The fraction of sp³-hybridized carbons (Fsp3) is 0.500. The molecule has 0 amide bonds. The predicted octanol–water partition coefficient (Wildman–Crippen LogP) is 2.84. The maximum absolute atomic E-state index is 13.0. The van der Waals surface area contributed by atoms with E-state index in [1.54, 1.807) is 27.7 Å². The molecule has 0 aliphatic carbocycles. The summed E-state index contributed by atoms with van der Waals surface area (Å²) in [6, 6.07) is 3.12. The minimum Gasteiger partial charge on any atom is -0.325 e. The van der Waals surface area contributed by atoms with Gasteiger partial charge in [0, 0.05) is 23.4 Å². The predicted molar refractivity (Wildman–Crippen MR) is 67.1 cm³/mol. The number of hydrogen-bond donors (Lipinski definition) is 1. The van der Waals surface area contributed by atoms with E-state index in [1.165, 1.54) is 12.1 Å². The van der Waals surface area contributed by atoms with Crippen molar-refractivity contribution < 1.29 is 13.6 Å². The van der Waals surface area contributed by atoms with Crippen LogP contribution in [0.15, 0.2) is 18.2 Å². The second-order valence-corrected chi connectivity index (χ2v) is 5.72. The van der Waals surface area contributed by atoms with E-state index in [0.717, 1.165) is 6.07 Å². The molecule has 1 aromatic rings. The summed E-state index contributed by atoms with van der Waals surface area (Å²) in [5.41, 5.74) is 4.82. The van der Waals surface area contributed by atoms with Crippen LogP contribution in [0.4, 0.5) is 8.78 Å². The number of nitrogens with two attached hydrogens (primary N) is 1. The summed E-state index contributed by atoms with van der Waals surface area (Å²) in [4.78, 5) is 12.2. The normalized spacial score (nSPS) is 12.6. The van der Waals surface area contributed by atoms with Crippen LogP contribution in [0.3, 0.4) is 0 Å². The molecule has 18 heavy (non-hydrogen) atoms. The number of Topliss-reactive ketones (excluding diaryl/α,β-unsaturated/α-hetero) is 1. The fourth-order valence-electron chi connectivity index (χ4n) is 1.48. The summed E-state index contributed by atoms with van der Waals surface area (Å²) in [7, 11) is 0. The SMILES string of the molecule is CC(C)(N)C(C)(C)C(=O)Cc1cc(F)cc(F)c1. The first-order valence-corrected chi connectivity index (χ1v) is 5.81. The maximum Gasteiger partial charge on any atom is 0.144 e. The number of hydrogen-bond acceptors (Lipinski definition) is 2. The summed E-state index contributed by atoms with van der Waals surface area (Å²) >= 11 is 0. The van der Waals surface area contributed by atoms with Gasteiger partial charge in [0.05, 0.1) is 0 Å². The molecule has 0 bridgehead atoms. The van der Waals surface area contributed by atoms with Crippen LogP contribution in [0.5, 0.6) is 0 Å². The Kier molecular flexibility index (Phi) is 3.91. The van der Waals surface area contributed by atoms with Gasteiger partial charge < -0.3 is 5.73 Å². The zero-order chi connectivity index (χ0) is 14.1. The topological polar surface area (TPSA) is 43.1 Å².